The van der Waals surface area contributed by atoms with Gasteiger partial charge in [-0.1, -0.05) is 17.7 Å². The van der Waals surface area contributed by atoms with Crippen molar-refractivity contribution < 1.29 is 27.1 Å². The molecule has 0 bridgehead atoms. The molecule has 1 aromatic heterocycles. The Morgan fingerprint density at radius 2 is 2.11 bits per heavy atom. The summed E-state index contributed by atoms with van der Waals surface area (Å²) in [6.07, 6.45) is -1.23. The van der Waals surface area contributed by atoms with E-state index in [2.05, 4.69) is 16.8 Å². The van der Waals surface area contributed by atoms with Gasteiger partial charge in [0.2, 0.25) is 0 Å². The number of imidazole rings is 1. The summed E-state index contributed by atoms with van der Waals surface area (Å²) in [6.45, 7) is 6.93. The second-order valence-corrected chi connectivity index (χ2v) is 9.10. The maximum atomic E-state index is 13.5. The fourth-order valence-electron chi connectivity index (χ4n) is 4.51. The summed E-state index contributed by atoms with van der Waals surface area (Å²) in [4.78, 5) is 19.3. The molecule has 1 aromatic carbocycles. The molecule has 1 atom stereocenters. The first kappa shape index (κ1) is 26.2. The van der Waals surface area contributed by atoms with Gasteiger partial charge in [-0.3, -0.25) is 4.79 Å². The molecule has 2 aliphatic heterocycles. The predicted octanol–water partition coefficient (Wildman–Crippen LogP) is 4.89. The van der Waals surface area contributed by atoms with Crippen LogP contribution in [0, 0.1) is 5.82 Å². The summed E-state index contributed by atoms with van der Waals surface area (Å²) < 4.78 is 61.2. The van der Waals surface area contributed by atoms with Gasteiger partial charge in [0.1, 0.15) is 16.7 Å². The van der Waals surface area contributed by atoms with Crippen LogP contribution in [0.2, 0.25) is 0 Å². The molecule has 36 heavy (non-hydrogen) atoms. The van der Waals surface area contributed by atoms with E-state index in [0.717, 1.165) is 30.0 Å². The van der Waals surface area contributed by atoms with Crippen LogP contribution in [0.1, 0.15) is 48.8 Å². The zero-order chi connectivity index (χ0) is 26.0. The number of hydrogen-bond acceptors (Lipinski definition) is 5. The number of fused-ring (bicyclic) bond motifs is 1. The number of carbonyl (C=O) groups excluding carboxylic acids is 1. The molecule has 2 aliphatic rings. The standard InChI is InChI=1S/C24H26ClF4N5O2/c1-15(22(25)23(35)34(30-2)21-5-3-4-10-36-21)32-8-9-33-18(13-31-20(33)14-32)11-16-6-7-17(26)12-19(16)24(27,28)29/h6-7,12-13,21H,2-5,8-11,14H2,1H3/b22-15-. The monoisotopic (exact) mass is 527 g/mol. The first-order chi connectivity index (χ1) is 17.1. The minimum absolute atomic E-state index is 0.0158. The van der Waals surface area contributed by atoms with E-state index < -0.39 is 29.7 Å². The zero-order valence-electron chi connectivity index (χ0n) is 19.7. The molecule has 1 amide bonds. The smallest absolute Gasteiger partial charge is 0.364 e. The Balaban J connectivity index is 1.51. The fourth-order valence-corrected chi connectivity index (χ4v) is 4.72. The molecule has 0 spiro atoms. The van der Waals surface area contributed by atoms with Gasteiger partial charge in [-0.05, 0) is 43.9 Å². The van der Waals surface area contributed by atoms with E-state index in [1.165, 1.54) is 6.20 Å². The highest BCUT2D eigenvalue weighted by atomic mass is 35.5. The molecule has 1 fully saturated rings. The van der Waals surface area contributed by atoms with Gasteiger partial charge in [-0.25, -0.2) is 14.4 Å². The predicted molar refractivity (Wildman–Crippen MR) is 125 cm³/mol. The van der Waals surface area contributed by atoms with E-state index in [9.17, 15) is 22.4 Å². The van der Waals surface area contributed by atoms with Gasteiger partial charge in [0.15, 0.2) is 6.23 Å². The van der Waals surface area contributed by atoms with Gasteiger partial charge in [0, 0.05) is 50.4 Å². The van der Waals surface area contributed by atoms with E-state index in [4.69, 9.17) is 16.3 Å². The molecule has 12 heteroatoms. The van der Waals surface area contributed by atoms with Gasteiger partial charge in [-0.2, -0.15) is 18.3 Å². The van der Waals surface area contributed by atoms with Crippen molar-refractivity contribution in [1.29, 1.82) is 0 Å². The Morgan fingerprint density at radius 3 is 2.78 bits per heavy atom. The van der Waals surface area contributed by atoms with Crippen LogP contribution in [0.5, 0.6) is 0 Å². The molecule has 2 aromatic rings. The average molecular weight is 528 g/mol. The number of nitrogens with zero attached hydrogens (tertiary/aromatic N) is 5. The van der Waals surface area contributed by atoms with Crippen molar-refractivity contribution in [3.8, 4) is 0 Å². The van der Waals surface area contributed by atoms with Crippen LogP contribution < -0.4 is 0 Å². The molecule has 0 N–H and O–H groups in total. The highest BCUT2D eigenvalue weighted by Crippen LogP contribution is 2.34. The van der Waals surface area contributed by atoms with E-state index in [1.807, 2.05) is 9.47 Å². The van der Waals surface area contributed by atoms with Crippen molar-refractivity contribution >= 4 is 24.2 Å². The van der Waals surface area contributed by atoms with E-state index in [0.29, 0.717) is 55.9 Å². The van der Waals surface area contributed by atoms with Crippen LogP contribution in [0.25, 0.3) is 0 Å². The van der Waals surface area contributed by atoms with Crippen molar-refractivity contribution in [1.82, 2.24) is 19.5 Å². The van der Waals surface area contributed by atoms with Crippen molar-refractivity contribution in [3.05, 3.63) is 63.6 Å². The van der Waals surface area contributed by atoms with Gasteiger partial charge < -0.3 is 14.2 Å². The normalized spacial score (nSPS) is 18.9. The average Bonchev–Trinajstić information content (AvgIpc) is 3.26. The summed E-state index contributed by atoms with van der Waals surface area (Å²) in [7, 11) is 0. The van der Waals surface area contributed by atoms with Crippen LogP contribution in [0.15, 0.2) is 40.2 Å². The van der Waals surface area contributed by atoms with Gasteiger partial charge in [-0.15, -0.1) is 0 Å². The molecule has 1 saturated heterocycles. The summed E-state index contributed by atoms with van der Waals surface area (Å²) in [5, 5.41) is 4.97. The van der Waals surface area contributed by atoms with Crippen LogP contribution in [0.3, 0.4) is 0 Å². The third-order valence-electron chi connectivity index (χ3n) is 6.46. The number of allylic oxidation sites excluding steroid dienone is 1. The molecule has 194 valence electrons. The highest BCUT2D eigenvalue weighted by Gasteiger charge is 2.34. The molecule has 4 rings (SSSR count). The van der Waals surface area contributed by atoms with Crippen LogP contribution >= 0.6 is 11.6 Å². The second-order valence-electron chi connectivity index (χ2n) is 8.73. The number of halogens is 5. The summed E-state index contributed by atoms with van der Waals surface area (Å²) in [5.41, 5.74) is 0.0874. The number of rotatable bonds is 6. The number of benzene rings is 1. The van der Waals surface area contributed by atoms with Gasteiger partial charge in [0.25, 0.3) is 5.91 Å². The largest absolute Gasteiger partial charge is 0.416 e. The lowest BCUT2D eigenvalue weighted by molar-refractivity contribution is -0.146. The SMILES string of the molecule is C=NN(C(=O)/C(Cl)=C(\C)N1CCn2c(Cc3ccc(F)cc3C(F)(F)F)cnc2C1)C1CCCCO1. The lowest BCUT2D eigenvalue weighted by Crippen LogP contribution is -2.41. The Labute approximate surface area is 211 Å². The summed E-state index contributed by atoms with van der Waals surface area (Å²) in [5.74, 6) is -0.829. The maximum absolute atomic E-state index is 13.5. The minimum Gasteiger partial charge on any atom is -0.364 e. The van der Waals surface area contributed by atoms with E-state index in [-0.39, 0.29) is 17.0 Å². The van der Waals surface area contributed by atoms with Crippen molar-refractivity contribution in [2.75, 3.05) is 13.2 Å². The number of amides is 1. The Hall–Kier alpha value is -2.92. The summed E-state index contributed by atoms with van der Waals surface area (Å²) >= 11 is 6.46. The third-order valence-corrected chi connectivity index (χ3v) is 6.90. The molecule has 1 unspecified atom stereocenters. The molecule has 0 saturated carbocycles. The lowest BCUT2D eigenvalue weighted by Gasteiger charge is -2.33. The molecule has 0 aliphatic carbocycles. The van der Waals surface area contributed by atoms with E-state index >= 15 is 0 Å². The highest BCUT2D eigenvalue weighted by molar-refractivity contribution is 6.42. The van der Waals surface area contributed by atoms with Crippen molar-refractivity contribution in [3.63, 3.8) is 0 Å². The fraction of sp³-hybridized carbons (Fsp3) is 0.458. The quantitative estimate of drug-likeness (QED) is 0.232. The van der Waals surface area contributed by atoms with Gasteiger partial charge >= 0.3 is 6.18 Å². The van der Waals surface area contributed by atoms with Gasteiger partial charge in [0.05, 0.1) is 12.1 Å². The number of ether oxygens (including phenoxy) is 1. The second kappa shape index (κ2) is 10.6. The molecule has 0 radical (unpaired) electrons. The number of hydrazone groups is 1. The zero-order valence-corrected chi connectivity index (χ0v) is 20.4. The Kier molecular flexibility index (Phi) is 7.70. The number of aromatic nitrogens is 2. The molecule has 3 heterocycles. The van der Waals surface area contributed by atoms with Crippen molar-refractivity contribution in [2.24, 2.45) is 5.10 Å². The minimum atomic E-state index is -4.67. The molecular weight excluding hydrogens is 502 g/mol. The molecular formula is C24H26ClF4N5O2. The Morgan fingerprint density at radius 1 is 1.33 bits per heavy atom. The number of hydrogen-bond donors (Lipinski definition) is 0. The maximum Gasteiger partial charge on any atom is 0.416 e. The summed E-state index contributed by atoms with van der Waals surface area (Å²) in [6, 6.07) is 2.69. The molecule has 7 nitrogen and oxygen atoms in total. The lowest BCUT2D eigenvalue weighted by atomic mass is 10.0. The van der Waals surface area contributed by atoms with E-state index in [1.54, 1.807) is 6.92 Å². The third kappa shape index (κ3) is 5.41. The first-order valence-corrected chi connectivity index (χ1v) is 11.9. The van der Waals surface area contributed by atoms with Crippen molar-refractivity contribution in [2.45, 2.75) is 58.1 Å². The van der Waals surface area contributed by atoms with Crippen LogP contribution in [-0.2, 0) is 35.2 Å². The van der Waals surface area contributed by atoms with Crippen LogP contribution in [0.4, 0.5) is 17.6 Å². The topological polar surface area (TPSA) is 63.0 Å². The first-order valence-electron chi connectivity index (χ1n) is 11.5. The number of alkyl halides is 3. The number of carbonyl (C=O) groups is 1. The Bertz CT molecular complexity index is 1170. The van der Waals surface area contributed by atoms with Crippen LogP contribution in [-0.4, -0.2) is 51.5 Å².